The van der Waals surface area contributed by atoms with Crippen molar-refractivity contribution in [2.45, 2.75) is 25.7 Å². The third-order valence-electron chi connectivity index (χ3n) is 4.84. The van der Waals surface area contributed by atoms with E-state index in [-0.39, 0.29) is 11.7 Å². The zero-order chi connectivity index (χ0) is 17.7. The lowest BCUT2D eigenvalue weighted by molar-refractivity contribution is 0.0963. The van der Waals surface area contributed by atoms with E-state index in [9.17, 15) is 4.79 Å². The zero-order valence-electron chi connectivity index (χ0n) is 14.2. The molecule has 0 fully saturated rings. The second-order valence-electron chi connectivity index (χ2n) is 6.69. The summed E-state index contributed by atoms with van der Waals surface area (Å²) < 4.78 is 1.62. The summed E-state index contributed by atoms with van der Waals surface area (Å²) in [5.74, 6) is 1.51. The normalized spacial score (nSPS) is 16.8. The molecule has 3 heterocycles. The molecule has 0 spiro atoms. The molecule has 1 aliphatic rings. The number of nitrogens with zero attached hydrogens (tertiary/aromatic N) is 4. The minimum Gasteiger partial charge on any atom is -0.294 e. The average molecular weight is 360 g/mol. The second kappa shape index (κ2) is 5.85. The van der Waals surface area contributed by atoms with E-state index < -0.39 is 0 Å². The van der Waals surface area contributed by atoms with Crippen molar-refractivity contribution < 1.29 is 4.79 Å². The maximum absolute atomic E-state index is 12.7. The summed E-state index contributed by atoms with van der Waals surface area (Å²) in [5, 5.41) is 6.57. The van der Waals surface area contributed by atoms with Crippen LogP contribution in [0.15, 0.2) is 48.0 Å². The minimum atomic E-state index is 0.131. The highest BCUT2D eigenvalue weighted by Crippen LogP contribution is 2.34. The number of aryl methyl sites for hydroxylation is 1. The predicted molar refractivity (Wildman–Crippen MR) is 101 cm³/mol. The molecule has 0 bridgehead atoms. The highest BCUT2D eigenvalue weighted by atomic mass is 32.1. The van der Waals surface area contributed by atoms with Gasteiger partial charge >= 0.3 is 0 Å². The highest BCUT2D eigenvalue weighted by molar-refractivity contribution is 7.10. The van der Waals surface area contributed by atoms with Crippen LogP contribution in [0, 0.1) is 6.92 Å². The molecule has 3 aromatic heterocycles. The van der Waals surface area contributed by atoms with Crippen LogP contribution in [0.3, 0.4) is 0 Å². The number of carbonyl (C=O) groups is 1. The Hall–Kier alpha value is -2.86. The number of rotatable bonds is 2. The highest BCUT2D eigenvalue weighted by Gasteiger charge is 2.29. The number of Topliss-reactive ketones (excluding diaryl/α,β-unsaturated/α-hetero) is 1. The largest absolute Gasteiger partial charge is 0.294 e. The molecule has 1 aromatic carbocycles. The molecule has 0 aliphatic heterocycles. The first-order valence-corrected chi connectivity index (χ1v) is 9.45. The van der Waals surface area contributed by atoms with Gasteiger partial charge in [0, 0.05) is 29.0 Å². The molecular formula is C20H16N4OS. The Bertz CT molecular complexity index is 1110. The molecule has 5 rings (SSSR count). The van der Waals surface area contributed by atoms with Crippen LogP contribution in [0.1, 0.15) is 38.8 Å². The van der Waals surface area contributed by atoms with Gasteiger partial charge in [-0.25, -0.2) is 9.50 Å². The van der Waals surface area contributed by atoms with E-state index in [1.54, 1.807) is 22.0 Å². The maximum atomic E-state index is 12.7. The fourth-order valence-corrected chi connectivity index (χ4v) is 4.26. The van der Waals surface area contributed by atoms with Crippen molar-refractivity contribution >= 4 is 22.9 Å². The Balaban J connectivity index is 1.57. The molecule has 6 heteroatoms. The Morgan fingerprint density at radius 1 is 1.12 bits per heavy atom. The summed E-state index contributed by atoms with van der Waals surface area (Å²) >= 11 is 1.70. The predicted octanol–water partition coefficient (Wildman–Crippen LogP) is 4.07. The first-order chi connectivity index (χ1) is 12.7. The van der Waals surface area contributed by atoms with E-state index in [0.717, 1.165) is 17.7 Å². The van der Waals surface area contributed by atoms with Crippen LogP contribution in [0.2, 0.25) is 0 Å². The summed E-state index contributed by atoms with van der Waals surface area (Å²) in [6, 6.07) is 12.2. The van der Waals surface area contributed by atoms with Gasteiger partial charge in [0.1, 0.15) is 0 Å². The molecule has 5 nitrogen and oxygen atoms in total. The standard InChI is InChI=1S/C20H16N4OS/c1-12-4-6-13(7-5-12)19-22-20-21-16-9-14(18-3-2-8-26-18)10-17(25)15(16)11-24(20)23-19/h2-8,11,14H,9-10H2,1H3/t14-/m1/s1. The smallest absolute Gasteiger partial charge is 0.252 e. The van der Waals surface area contributed by atoms with Gasteiger partial charge in [-0.15, -0.1) is 16.4 Å². The van der Waals surface area contributed by atoms with Gasteiger partial charge in [0.25, 0.3) is 5.78 Å². The number of carbonyl (C=O) groups excluding carboxylic acids is 1. The van der Waals surface area contributed by atoms with E-state index in [1.807, 2.05) is 37.3 Å². The molecular weight excluding hydrogens is 344 g/mol. The van der Waals surface area contributed by atoms with Crippen LogP contribution < -0.4 is 0 Å². The first kappa shape index (κ1) is 15.4. The Labute approximate surface area is 154 Å². The Morgan fingerprint density at radius 3 is 2.73 bits per heavy atom. The van der Waals surface area contributed by atoms with Crippen LogP contribution in [0.5, 0.6) is 0 Å². The lowest BCUT2D eigenvalue weighted by Crippen LogP contribution is -2.20. The number of aromatic nitrogens is 4. The van der Waals surface area contributed by atoms with Gasteiger partial charge in [0.15, 0.2) is 11.6 Å². The third-order valence-corrected chi connectivity index (χ3v) is 5.87. The molecule has 0 N–H and O–H groups in total. The molecule has 0 amide bonds. The maximum Gasteiger partial charge on any atom is 0.252 e. The van der Waals surface area contributed by atoms with Gasteiger partial charge in [-0.1, -0.05) is 35.9 Å². The molecule has 26 heavy (non-hydrogen) atoms. The number of hydrogen-bond donors (Lipinski definition) is 0. The summed E-state index contributed by atoms with van der Waals surface area (Å²) in [4.78, 5) is 23.1. The molecule has 0 radical (unpaired) electrons. The SMILES string of the molecule is Cc1ccc(-c2nc3nc4c(cn3n2)C(=O)C[C@H](c2cccs2)C4)cc1. The first-order valence-electron chi connectivity index (χ1n) is 8.57. The molecule has 0 saturated heterocycles. The number of ketones is 1. The summed E-state index contributed by atoms with van der Waals surface area (Å²) in [7, 11) is 0. The van der Waals surface area contributed by atoms with Gasteiger partial charge in [0.05, 0.1) is 11.3 Å². The topological polar surface area (TPSA) is 60.1 Å². The van der Waals surface area contributed by atoms with Crippen LogP contribution in [-0.4, -0.2) is 25.4 Å². The molecule has 128 valence electrons. The van der Waals surface area contributed by atoms with Crippen molar-refractivity contribution in [2.24, 2.45) is 0 Å². The van der Waals surface area contributed by atoms with Crippen LogP contribution in [0.25, 0.3) is 17.2 Å². The monoisotopic (exact) mass is 360 g/mol. The van der Waals surface area contributed by atoms with Crippen molar-refractivity contribution in [1.29, 1.82) is 0 Å². The number of benzene rings is 1. The average Bonchev–Trinajstić information content (AvgIpc) is 3.30. The van der Waals surface area contributed by atoms with Gasteiger partial charge < -0.3 is 0 Å². The van der Waals surface area contributed by atoms with Crippen molar-refractivity contribution in [1.82, 2.24) is 19.6 Å². The fraction of sp³-hybridized carbons (Fsp3) is 0.200. The van der Waals surface area contributed by atoms with Crippen LogP contribution >= 0.6 is 11.3 Å². The lowest BCUT2D eigenvalue weighted by atomic mass is 9.86. The number of hydrogen-bond acceptors (Lipinski definition) is 5. The summed E-state index contributed by atoms with van der Waals surface area (Å²) in [6.45, 7) is 2.05. The van der Waals surface area contributed by atoms with Gasteiger partial charge in [0.2, 0.25) is 0 Å². The second-order valence-corrected chi connectivity index (χ2v) is 7.67. The third kappa shape index (κ3) is 2.54. The summed E-state index contributed by atoms with van der Waals surface area (Å²) in [6.07, 6.45) is 3.08. The van der Waals surface area contributed by atoms with E-state index in [2.05, 4.69) is 26.5 Å². The van der Waals surface area contributed by atoms with Crippen LogP contribution in [-0.2, 0) is 6.42 Å². The zero-order valence-corrected chi connectivity index (χ0v) is 15.0. The molecule has 1 atom stereocenters. The van der Waals surface area contributed by atoms with Crippen LogP contribution in [0.4, 0.5) is 0 Å². The van der Waals surface area contributed by atoms with E-state index in [0.29, 0.717) is 23.6 Å². The lowest BCUT2D eigenvalue weighted by Gasteiger charge is -2.21. The minimum absolute atomic E-state index is 0.131. The molecule has 4 aromatic rings. The molecule has 0 saturated carbocycles. The van der Waals surface area contributed by atoms with Crippen molar-refractivity contribution in [3.63, 3.8) is 0 Å². The number of thiophene rings is 1. The van der Waals surface area contributed by atoms with Crippen molar-refractivity contribution in [3.8, 4) is 11.4 Å². The van der Waals surface area contributed by atoms with E-state index in [1.165, 1.54) is 10.4 Å². The fourth-order valence-electron chi connectivity index (χ4n) is 3.43. The summed E-state index contributed by atoms with van der Waals surface area (Å²) in [5.41, 5.74) is 3.64. The quantitative estimate of drug-likeness (QED) is 0.540. The van der Waals surface area contributed by atoms with Crippen molar-refractivity contribution in [3.05, 3.63) is 69.7 Å². The van der Waals surface area contributed by atoms with Gasteiger partial charge in [-0.05, 0) is 24.8 Å². The number of fused-ring (bicyclic) bond motifs is 2. The Morgan fingerprint density at radius 2 is 1.96 bits per heavy atom. The van der Waals surface area contributed by atoms with Gasteiger partial charge in [-0.3, -0.25) is 4.79 Å². The molecule has 1 aliphatic carbocycles. The molecule has 0 unspecified atom stereocenters. The van der Waals surface area contributed by atoms with Gasteiger partial charge in [-0.2, -0.15) is 4.98 Å². The van der Waals surface area contributed by atoms with Crippen molar-refractivity contribution in [2.75, 3.05) is 0 Å². The Kier molecular flexibility index (Phi) is 3.46. The van der Waals surface area contributed by atoms with E-state index in [4.69, 9.17) is 0 Å². The van der Waals surface area contributed by atoms with E-state index >= 15 is 0 Å².